The van der Waals surface area contributed by atoms with Gasteiger partial charge >= 0.3 is 0 Å². The first kappa shape index (κ1) is 17.9. The molecule has 1 atom stereocenters. The van der Waals surface area contributed by atoms with E-state index in [0.29, 0.717) is 5.92 Å². The molecule has 27 heavy (non-hydrogen) atoms. The lowest BCUT2D eigenvalue weighted by Crippen LogP contribution is -2.35. The van der Waals surface area contributed by atoms with E-state index >= 15 is 0 Å². The maximum atomic E-state index is 5.02. The zero-order valence-corrected chi connectivity index (χ0v) is 16.3. The Morgan fingerprint density at radius 3 is 2.85 bits per heavy atom. The average molecular weight is 361 g/mol. The highest BCUT2D eigenvalue weighted by Gasteiger charge is 2.23. The molecule has 1 saturated heterocycles. The van der Waals surface area contributed by atoms with Gasteiger partial charge in [-0.05, 0) is 44.0 Å². The second-order valence-corrected chi connectivity index (χ2v) is 7.75. The molecule has 0 saturated carbocycles. The van der Waals surface area contributed by atoms with E-state index in [2.05, 4.69) is 70.9 Å². The molecule has 4 rings (SSSR count). The summed E-state index contributed by atoms with van der Waals surface area (Å²) in [4.78, 5) is 12.0. The van der Waals surface area contributed by atoms with Crippen molar-refractivity contribution in [3.05, 3.63) is 83.2 Å². The van der Waals surface area contributed by atoms with Crippen molar-refractivity contribution in [1.29, 1.82) is 0 Å². The van der Waals surface area contributed by atoms with Crippen molar-refractivity contribution >= 4 is 0 Å². The number of piperidine rings is 1. The standard InChI is InChI=1S/C23H28N4/c1-18-6-3-7-19(14-18)15-21-9-4-10-22(25-21)20-8-5-12-27(16-20)17-23-24-11-13-26(23)2/h3-4,6-7,9-11,13-14,20H,5,8,12,15-17H2,1-2H3. The van der Waals surface area contributed by atoms with Crippen molar-refractivity contribution in [3.63, 3.8) is 0 Å². The molecule has 1 aliphatic heterocycles. The highest BCUT2D eigenvalue weighted by Crippen LogP contribution is 2.27. The number of aryl methyl sites for hydroxylation is 2. The Bertz CT molecular complexity index is 899. The van der Waals surface area contributed by atoms with Crippen LogP contribution in [0, 0.1) is 6.92 Å². The summed E-state index contributed by atoms with van der Waals surface area (Å²) in [5.74, 6) is 1.65. The van der Waals surface area contributed by atoms with Crippen LogP contribution < -0.4 is 0 Å². The number of aromatic nitrogens is 3. The third-order valence-electron chi connectivity index (χ3n) is 5.51. The quantitative estimate of drug-likeness (QED) is 0.687. The molecule has 1 aromatic carbocycles. The van der Waals surface area contributed by atoms with Crippen LogP contribution in [0.25, 0.3) is 0 Å². The fourth-order valence-corrected chi connectivity index (χ4v) is 4.04. The van der Waals surface area contributed by atoms with Crippen LogP contribution in [0.5, 0.6) is 0 Å². The highest BCUT2D eigenvalue weighted by molar-refractivity contribution is 5.27. The second-order valence-electron chi connectivity index (χ2n) is 7.75. The van der Waals surface area contributed by atoms with Gasteiger partial charge in [0.25, 0.3) is 0 Å². The van der Waals surface area contributed by atoms with Crippen LogP contribution in [0.1, 0.15) is 47.1 Å². The van der Waals surface area contributed by atoms with Crippen molar-refractivity contribution < 1.29 is 0 Å². The fraction of sp³-hybridized carbons (Fsp3) is 0.391. The molecular weight excluding hydrogens is 332 g/mol. The maximum absolute atomic E-state index is 5.02. The van der Waals surface area contributed by atoms with E-state index in [1.807, 2.05) is 12.4 Å². The van der Waals surface area contributed by atoms with Crippen LogP contribution in [0.4, 0.5) is 0 Å². The molecule has 0 radical (unpaired) electrons. The third-order valence-corrected chi connectivity index (χ3v) is 5.51. The number of benzene rings is 1. The third kappa shape index (κ3) is 4.45. The molecule has 1 aliphatic rings. The van der Waals surface area contributed by atoms with Gasteiger partial charge in [0, 0.05) is 49.7 Å². The molecule has 4 heteroatoms. The smallest absolute Gasteiger partial charge is 0.122 e. The minimum atomic E-state index is 0.511. The first-order chi connectivity index (χ1) is 13.2. The monoisotopic (exact) mass is 360 g/mol. The van der Waals surface area contributed by atoms with Crippen LogP contribution in [-0.2, 0) is 20.0 Å². The van der Waals surface area contributed by atoms with Crippen molar-refractivity contribution in [2.24, 2.45) is 7.05 Å². The minimum Gasteiger partial charge on any atom is -0.337 e. The number of pyridine rings is 1. The predicted octanol–water partition coefficient (Wildman–Crippen LogP) is 4.09. The van der Waals surface area contributed by atoms with E-state index in [1.54, 1.807) is 0 Å². The topological polar surface area (TPSA) is 34.0 Å². The molecule has 1 fully saturated rings. The second kappa shape index (κ2) is 8.05. The largest absolute Gasteiger partial charge is 0.337 e. The van der Waals surface area contributed by atoms with E-state index in [4.69, 9.17) is 4.98 Å². The van der Waals surface area contributed by atoms with Gasteiger partial charge in [0.15, 0.2) is 0 Å². The van der Waals surface area contributed by atoms with Crippen LogP contribution in [0.3, 0.4) is 0 Å². The fourth-order valence-electron chi connectivity index (χ4n) is 4.04. The zero-order valence-electron chi connectivity index (χ0n) is 16.3. The summed E-state index contributed by atoms with van der Waals surface area (Å²) in [5.41, 5.74) is 5.05. The van der Waals surface area contributed by atoms with E-state index in [-0.39, 0.29) is 0 Å². The SMILES string of the molecule is Cc1cccc(Cc2cccc(C3CCCN(Cc4nccn4C)C3)n2)c1. The number of hydrogen-bond acceptors (Lipinski definition) is 3. The number of rotatable bonds is 5. The Morgan fingerprint density at radius 2 is 2.04 bits per heavy atom. The minimum absolute atomic E-state index is 0.511. The van der Waals surface area contributed by atoms with Gasteiger partial charge in [0.2, 0.25) is 0 Å². The van der Waals surface area contributed by atoms with Gasteiger partial charge in [0.1, 0.15) is 5.82 Å². The van der Waals surface area contributed by atoms with Crippen LogP contribution >= 0.6 is 0 Å². The van der Waals surface area contributed by atoms with E-state index in [0.717, 1.165) is 31.9 Å². The Labute approximate surface area is 161 Å². The maximum Gasteiger partial charge on any atom is 0.122 e. The average Bonchev–Trinajstić information content (AvgIpc) is 3.07. The van der Waals surface area contributed by atoms with E-state index in [1.165, 1.54) is 35.4 Å². The zero-order chi connectivity index (χ0) is 18.6. The lowest BCUT2D eigenvalue weighted by atomic mass is 9.94. The summed E-state index contributed by atoms with van der Waals surface area (Å²) >= 11 is 0. The van der Waals surface area contributed by atoms with Gasteiger partial charge in [-0.15, -0.1) is 0 Å². The molecule has 140 valence electrons. The molecule has 3 heterocycles. The first-order valence-electron chi connectivity index (χ1n) is 9.87. The number of imidazole rings is 1. The summed E-state index contributed by atoms with van der Waals surface area (Å²) in [5, 5.41) is 0. The van der Waals surface area contributed by atoms with Gasteiger partial charge in [-0.1, -0.05) is 35.9 Å². The molecular formula is C23H28N4. The summed E-state index contributed by atoms with van der Waals surface area (Å²) < 4.78 is 2.12. The number of nitrogens with zero attached hydrogens (tertiary/aromatic N) is 4. The molecule has 0 N–H and O–H groups in total. The Kier molecular flexibility index (Phi) is 5.35. The predicted molar refractivity (Wildman–Crippen MR) is 109 cm³/mol. The van der Waals surface area contributed by atoms with Crippen molar-refractivity contribution in [3.8, 4) is 0 Å². The molecule has 0 bridgehead atoms. The summed E-state index contributed by atoms with van der Waals surface area (Å²) in [6.45, 7) is 5.27. The lowest BCUT2D eigenvalue weighted by molar-refractivity contribution is 0.192. The van der Waals surface area contributed by atoms with Crippen LogP contribution in [-0.4, -0.2) is 32.5 Å². The number of likely N-dealkylation sites (tertiary alicyclic amines) is 1. The highest BCUT2D eigenvalue weighted by atomic mass is 15.2. The van der Waals surface area contributed by atoms with Crippen molar-refractivity contribution in [1.82, 2.24) is 19.4 Å². The van der Waals surface area contributed by atoms with Crippen molar-refractivity contribution in [2.75, 3.05) is 13.1 Å². The van der Waals surface area contributed by atoms with Gasteiger partial charge in [-0.25, -0.2) is 4.98 Å². The molecule has 2 aromatic heterocycles. The molecule has 3 aromatic rings. The van der Waals surface area contributed by atoms with Gasteiger partial charge in [-0.3, -0.25) is 9.88 Å². The first-order valence-corrected chi connectivity index (χ1v) is 9.87. The summed E-state index contributed by atoms with van der Waals surface area (Å²) in [6.07, 6.45) is 7.25. The molecule has 0 amide bonds. The van der Waals surface area contributed by atoms with E-state index in [9.17, 15) is 0 Å². The Hall–Kier alpha value is -2.46. The van der Waals surface area contributed by atoms with Crippen LogP contribution in [0.2, 0.25) is 0 Å². The molecule has 4 nitrogen and oxygen atoms in total. The Morgan fingerprint density at radius 1 is 1.15 bits per heavy atom. The van der Waals surface area contributed by atoms with E-state index < -0.39 is 0 Å². The van der Waals surface area contributed by atoms with Crippen LogP contribution in [0.15, 0.2) is 54.9 Å². The molecule has 1 unspecified atom stereocenters. The molecule has 0 spiro atoms. The number of hydrogen-bond donors (Lipinski definition) is 0. The molecule has 0 aliphatic carbocycles. The summed E-state index contributed by atoms with van der Waals surface area (Å²) in [6, 6.07) is 15.2. The summed E-state index contributed by atoms with van der Waals surface area (Å²) in [7, 11) is 2.07. The van der Waals surface area contributed by atoms with Crippen molar-refractivity contribution in [2.45, 2.75) is 38.6 Å². The lowest BCUT2D eigenvalue weighted by Gasteiger charge is -2.32. The Balaban J connectivity index is 1.45. The van der Waals surface area contributed by atoms with Gasteiger partial charge < -0.3 is 4.57 Å². The normalized spacial score (nSPS) is 17.9. The van der Waals surface area contributed by atoms with Gasteiger partial charge in [-0.2, -0.15) is 0 Å². The van der Waals surface area contributed by atoms with Gasteiger partial charge in [0.05, 0.1) is 6.54 Å².